The number of likely N-dealkylation sites (tertiary alicyclic amines) is 3. The summed E-state index contributed by atoms with van der Waals surface area (Å²) in [6.45, 7) is 10.0. The maximum atomic E-state index is 11.8. The van der Waals surface area contributed by atoms with Gasteiger partial charge in [0.1, 0.15) is 18.7 Å². The fourth-order valence-corrected chi connectivity index (χ4v) is 6.06. The molecular weight excluding hydrogens is 462 g/mol. The third-order valence-corrected chi connectivity index (χ3v) is 8.64. The molecule has 10 nitrogen and oxygen atoms in total. The van der Waals surface area contributed by atoms with Crippen LogP contribution in [0.3, 0.4) is 0 Å². The molecule has 0 aliphatic carbocycles. The van der Waals surface area contributed by atoms with Crippen molar-refractivity contribution in [2.45, 2.75) is 57.2 Å². The van der Waals surface area contributed by atoms with Crippen molar-refractivity contribution in [1.29, 1.82) is 0 Å². The highest BCUT2D eigenvalue weighted by Gasteiger charge is 2.51. The molecule has 1 aromatic rings. The number of carbonyl (C=O) groups excluding carboxylic acids is 2. The number of benzene rings is 1. The highest BCUT2D eigenvalue weighted by Crippen LogP contribution is 2.47. The molecule has 2 amide bonds. The van der Waals surface area contributed by atoms with E-state index in [1.807, 2.05) is 4.90 Å². The van der Waals surface area contributed by atoms with Crippen LogP contribution >= 0.6 is 0 Å². The lowest BCUT2D eigenvalue weighted by molar-refractivity contribution is -0.140. The van der Waals surface area contributed by atoms with Gasteiger partial charge in [-0.1, -0.05) is 24.3 Å². The van der Waals surface area contributed by atoms with Crippen LogP contribution in [-0.2, 0) is 9.59 Å². The van der Waals surface area contributed by atoms with Gasteiger partial charge in [0.2, 0.25) is 11.8 Å². The van der Waals surface area contributed by atoms with E-state index in [1.165, 1.54) is 4.90 Å². The molecule has 4 aliphatic rings. The zero-order valence-electron chi connectivity index (χ0n) is 21.1. The predicted molar refractivity (Wildman–Crippen MR) is 132 cm³/mol. The van der Waals surface area contributed by atoms with Gasteiger partial charge in [-0.05, 0) is 57.8 Å². The van der Waals surface area contributed by atoms with E-state index in [0.29, 0.717) is 31.6 Å². The van der Waals surface area contributed by atoms with E-state index < -0.39 is 18.7 Å². The molecule has 4 N–H and O–H groups in total. The van der Waals surface area contributed by atoms with E-state index in [9.17, 15) is 24.9 Å². The number of nitrogens with one attached hydrogen (secondary N) is 1. The summed E-state index contributed by atoms with van der Waals surface area (Å²) in [7, 11) is 3.33. The summed E-state index contributed by atoms with van der Waals surface area (Å²) in [5.41, 5.74) is 0.706. The van der Waals surface area contributed by atoms with E-state index >= 15 is 0 Å². The smallest absolute Gasteiger partial charge is 0.235 e. The number of piperidine rings is 2. The zero-order valence-corrected chi connectivity index (χ0v) is 21.1. The van der Waals surface area contributed by atoms with Gasteiger partial charge in [0, 0.05) is 32.0 Å². The Hall–Kier alpha value is -2.39. The third kappa shape index (κ3) is 4.92. The van der Waals surface area contributed by atoms with Crippen LogP contribution in [0, 0.1) is 17.4 Å². The second-order valence-electron chi connectivity index (χ2n) is 10.7. The standard InChI is InChI=1S/C17H23N3O3.C9H14N2O2/c1-18-13-5-3-12(4-6-13)15(22)20-9-7-17(8-10-20)11-14(21)19(2)16(17)23;1-11-7(12)6-9(8(11)13)2-4-10-5-3-9/h3-6,14-16,21-23H,7-11H2,2H3;10H,2-6H2,1H3. The van der Waals surface area contributed by atoms with Crippen molar-refractivity contribution in [1.82, 2.24) is 20.0 Å². The normalized spacial score (nSPS) is 28.7. The first-order chi connectivity index (χ1) is 17.1. The molecule has 3 atom stereocenters. The van der Waals surface area contributed by atoms with Crippen LogP contribution in [0.25, 0.3) is 4.85 Å². The van der Waals surface area contributed by atoms with Crippen LogP contribution in [0.4, 0.5) is 5.69 Å². The number of aliphatic hydroxyl groups is 3. The molecule has 4 saturated heterocycles. The quantitative estimate of drug-likeness (QED) is 0.352. The fourth-order valence-electron chi connectivity index (χ4n) is 6.06. The summed E-state index contributed by atoms with van der Waals surface area (Å²) in [6.07, 6.45) is 2.17. The van der Waals surface area contributed by atoms with E-state index in [1.54, 1.807) is 43.3 Å². The number of rotatable bonds is 2. The van der Waals surface area contributed by atoms with Gasteiger partial charge in [-0.25, -0.2) is 4.85 Å². The first-order valence-electron chi connectivity index (χ1n) is 12.6. The topological polar surface area (TPSA) is 121 Å². The summed E-state index contributed by atoms with van der Waals surface area (Å²) in [5.74, 6) is 0.00546. The summed E-state index contributed by atoms with van der Waals surface area (Å²) >= 11 is 0. The Bertz CT molecular complexity index is 995. The second-order valence-corrected chi connectivity index (χ2v) is 10.7. The molecule has 2 spiro atoms. The minimum atomic E-state index is -0.701. The Labute approximate surface area is 212 Å². The summed E-state index contributed by atoms with van der Waals surface area (Å²) in [4.78, 5) is 31.4. The second kappa shape index (κ2) is 10.5. The van der Waals surface area contributed by atoms with E-state index in [0.717, 1.165) is 44.3 Å². The van der Waals surface area contributed by atoms with Gasteiger partial charge >= 0.3 is 0 Å². The average Bonchev–Trinajstić information content (AvgIpc) is 3.23. The van der Waals surface area contributed by atoms with Crippen molar-refractivity contribution < 1.29 is 24.9 Å². The van der Waals surface area contributed by atoms with Gasteiger partial charge in [-0.15, -0.1) is 0 Å². The molecule has 36 heavy (non-hydrogen) atoms. The lowest BCUT2D eigenvalue weighted by atomic mass is 9.76. The largest absolute Gasteiger partial charge is 0.378 e. The number of hydrogen-bond acceptors (Lipinski definition) is 8. The molecule has 0 bridgehead atoms. The molecule has 4 fully saturated rings. The highest BCUT2D eigenvalue weighted by atomic mass is 16.3. The lowest BCUT2D eigenvalue weighted by Crippen LogP contribution is -2.47. The maximum absolute atomic E-state index is 11.8. The monoisotopic (exact) mass is 499 g/mol. The van der Waals surface area contributed by atoms with E-state index in [4.69, 9.17) is 6.57 Å². The molecule has 0 radical (unpaired) electrons. The number of imide groups is 1. The number of amides is 2. The minimum absolute atomic E-state index is 0.0214. The van der Waals surface area contributed by atoms with Gasteiger partial charge in [-0.3, -0.25) is 24.3 Å². The van der Waals surface area contributed by atoms with Crippen molar-refractivity contribution in [3.8, 4) is 0 Å². The van der Waals surface area contributed by atoms with Crippen molar-refractivity contribution in [3.05, 3.63) is 41.2 Å². The maximum Gasteiger partial charge on any atom is 0.235 e. The van der Waals surface area contributed by atoms with E-state index in [2.05, 4.69) is 10.2 Å². The zero-order chi connectivity index (χ0) is 26.1. The molecule has 0 saturated carbocycles. The Morgan fingerprint density at radius 3 is 2.14 bits per heavy atom. The molecule has 196 valence electrons. The summed E-state index contributed by atoms with van der Waals surface area (Å²) < 4.78 is 0. The summed E-state index contributed by atoms with van der Waals surface area (Å²) in [6, 6.07) is 6.99. The molecule has 4 aliphatic heterocycles. The van der Waals surface area contributed by atoms with Gasteiger partial charge in [0.25, 0.3) is 0 Å². The average molecular weight is 500 g/mol. The van der Waals surface area contributed by atoms with E-state index in [-0.39, 0.29) is 22.6 Å². The van der Waals surface area contributed by atoms with Crippen LogP contribution < -0.4 is 5.32 Å². The minimum Gasteiger partial charge on any atom is -0.378 e. The van der Waals surface area contributed by atoms with Crippen molar-refractivity contribution in [2.24, 2.45) is 10.8 Å². The first-order valence-corrected chi connectivity index (χ1v) is 12.6. The number of nitrogens with zero attached hydrogens (tertiary/aromatic N) is 4. The van der Waals surface area contributed by atoms with Crippen LogP contribution in [0.15, 0.2) is 24.3 Å². The van der Waals surface area contributed by atoms with Crippen molar-refractivity contribution >= 4 is 17.5 Å². The van der Waals surface area contributed by atoms with Crippen molar-refractivity contribution in [2.75, 3.05) is 40.3 Å². The Balaban J connectivity index is 0.000000197. The van der Waals surface area contributed by atoms with Crippen LogP contribution in [0.2, 0.25) is 0 Å². The lowest BCUT2D eigenvalue weighted by Gasteiger charge is -2.43. The Morgan fingerprint density at radius 1 is 1.06 bits per heavy atom. The van der Waals surface area contributed by atoms with Gasteiger partial charge < -0.3 is 20.6 Å². The Kier molecular flexibility index (Phi) is 7.80. The fraction of sp³-hybridized carbons (Fsp3) is 0.654. The van der Waals surface area contributed by atoms with Crippen LogP contribution in [-0.4, -0.2) is 94.6 Å². The first kappa shape index (κ1) is 26.7. The highest BCUT2D eigenvalue weighted by molar-refractivity contribution is 6.05. The Morgan fingerprint density at radius 2 is 1.67 bits per heavy atom. The molecule has 10 heteroatoms. The van der Waals surface area contributed by atoms with Crippen molar-refractivity contribution in [3.63, 3.8) is 0 Å². The molecule has 3 unspecified atom stereocenters. The van der Waals surface area contributed by atoms with Gasteiger partial charge in [0.15, 0.2) is 5.69 Å². The molecule has 5 rings (SSSR count). The SMILES string of the molecule is CN1C(=O)CC2(CCNCC2)C1=O.[C-]#[N+]c1ccc(C(O)N2CCC3(CC2)CC(O)N(C)C3O)cc1. The molecule has 4 heterocycles. The van der Waals surface area contributed by atoms with Crippen LogP contribution in [0.5, 0.6) is 0 Å². The van der Waals surface area contributed by atoms with Gasteiger partial charge in [-0.2, -0.15) is 0 Å². The predicted octanol–water partition coefficient (Wildman–Crippen LogP) is 1.03. The number of hydrogen-bond donors (Lipinski definition) is 4. The summed E-state index contributed by atoms with van der Waals surface area (Å²) in [5, 5.41) is 34.1. The number of carbonyl (C=O) groups is 2. The molecule has 0 aromatic heterocycles. The molecule has 1 aromatic carbocycles. The molecular formula is C26H37N5O5. The number of aliphatic hydroxyl groups excluding tert-OH is 3. The third-order valence-electron chi connectivity index (χ3n) is 8.64. The van der Waals surface area contributed by atoms with Crippen LogP contribution in [0.1, 0.15) is 50.3 Å². The van der Waals surface area contributed by atoms with Gasteiger partial charge in [0.05, 0.1) is 12.0 Å².